The summed E-state index contributed by atoms with van der Waals surface area (Å²) in [5, 5.41) is 17.3. The molecular weight excluding hydrogens is 144 g/mol. The molecule has 1 aliphatic heterocycles. The molecular formula is C7H16N2O2. The number of rotatable bonds is 2. The van der Waals surface area contributed by atoms with Crippen molar-refractivity contribution in [2.75, 3.05) is 19.6 Å². The Labute approximate surface area is 66.6 Å². The third-order valence-electron chi connectivity index (χ3n) is 2.05. The van der Waals surface area contributed by atoms with Crippen LogP contribution in [0.4, 0.5) is 0 Å². The van der Waals surface area contributed by atoms with Crippen LogP contribution in [0.3, 0.4) is 0 Å². The Kier molecular flexibility index (Phi) is 3.26. The number of aliphatic hydroxyl groups is 2. The van der Waals surface area contributed by atoms with Gasteiger partial charge in [0, 0.05) is 12.6 Å². The number of hydrogen-bond acceptors (Lipinski definition) is 4. The lowest BCUT2D eigenvalue weighted by Crippen LogP contribution is -2.42. The second kappa shape index (κ2) is 4.01. The third-order valence-corrected chi connectivity index (χ3v) is 2.05. The Morgan fingerprint density at radius 3 is 2.36 bits per heavy atom. The summed E-state index contributed by atoms with van der Waals surface area (Å²) in [5.74, 6) is 0. The molecule has 0 amide bonds. The van der Waals surface area contributed by atoms with E-state index in [1.807, 2.05) is 4.90 Å². The van der Waals surface area contributed by atoms with Crippen LogP contribution in [0.5, 0.6) is 0 Å². The molecule has 0 aromatic heterocycles. The lowest BCUT2D eigenvalue weighted by Gasteiger charge is -2.30. The highest BCUT2D eigenvalue weighted by molar-refractivity contribution is 4.73. The first-order valence-corrected chi connectivity index (χ1v) is 4.02. The predicted octanol–water partition coefficient (Wildman–Crippen LogP) is -1.28. The van der Waals surface area contributed by atoms with E-state index in [1.54, 1.807) is 0 Å². The molecule has 0 radical (unpaired) electrons. The highest BCUT2D eigenvalue weighted by Crippen LogP contribution is 2.07. The fraction of sp³-hybridized carbons (Fsp3) is 1.00. The van der Waals surface area contributed by atoms with Crippen LogP contribution in [-0.2, 0) is 0 Å². The van der Waals surface area contributed by atoms with Gasteiger partial charge < -0.3 is 15.9 Å². The molecule has 0 spiro atoms. The molecule has 0 unspecified atom stereocenters. The van der Waals surface area contributed by atoms with Crippen molar-refractivity contribution >= 4 is 0 Å². The van der Waals surface area contributed by atoms with E-state index in [2.05, 4.69) is 0 Å². The van der Waals surface area contributed by atoms with Crippen molar-refractivity contribution in [2.45, 2.75) is 25.2 Å². The SMILES string of the molecule is NC1CCN(CC(O)O)CC1. The minimum absolute atomic E-state index is 0.307. The van der Waals surface area contributed by atoms with E-state index in [-0.39, 0.29) is 0 Å². The summed E-state index contributed by atoms with van der Waals surface area (Å²) in [7, 11) is 0. The summed E-state index contributed by atoms with van der Waals surface area (Å²) in [6.45, 7) is 2.13. The maximum absolute atomic E-state index is 8.65. The van der Waals surface area contributed by atoms with E-state index in [4.69, 9.17) is 15.9 Å². The lowest BCUT2D eigenvalue weighted by molar-refractivity contribution is -0.0641. The molecule has 0 saturated carbocycles. The fourth-order valence-electron chi connectivity index (χ4n) is 1.37. The number of likely N-dealkylation sites (tertiary alicyclic amines) is 1. The number of piperidine rings is 1. The topological polar surface area (TPSA) is 69.7 Å². The van der Waals surface area contributed by atoms with Crippen molar-refractivity contribution in [1.82, 2.24) is 4.90 Å². The molecule has 1 heterocycles. The molecule has 4 N–H and O–H groups in total. The first-order chi connectivity index (χ1) is 5.18. The first-order valence-electron chi connectivity index (χ1n) is 4.02. The zero-order chi connectivity index (χ0) is 8.27. The zero-order valence-corrected chi connectivity index (χ0v) is 6.61. The molecule has 66 valence electrons. The highest BCUT2D eigenvalue weighted by Gasteiger charge is 2.16. The van der Waals surface area contributed by atoms with Crippen LogP contribution in [0.15, 0.2) is 0 Å². The van der Waals surface area contributed by atoms with Crippen LogP contribution in [0, 0.1) is 0 Å². The minimum Gasteiger partial charge on any atom is -0.367 e. The summed E-state index contributed by atoms with van der Waals surface area (Å²) >= 11 is 0. The largest absolute Gasteiger partial charge is 0.367 e. The third kappa shape index (κ3) is 3.16. The molecule has 4 heteroatoms. The number of hydrogen-bond donors (Lipinski definition) is 3. The highest BCUT2D eigenvalue weighted by atomic mass is 16.5. The second-order valence-electron chi connectivity index (χ2n) is 3.12. The quantitative estimate of drug-likeness (QED) is 0.440. The molecule has 1 fully saturated rings. The van der Waals surface area contributed by atoms with Crippen LogP contribution in [0.25, 0.3) is 0 Å². The summed E-state index contributed by atoms with van der Waals surface area (Å²) in [5.41, 5.74) is 5.68. The molecule has 0 bridgehead atoms. The number of β-amino-alcohol motifs (C(OH)–C–C–N with tert-alkyl or cyclic N) is 2. The Morgan fingerprint density at radius 1 is 1.36 bits per heavy atom. The Morgan fingerprint density at radius 2 is 1.91 bits per heavy atom. The fourth-order valence-corrected chi connectivity index (χ4v) is 1.37. The van der Waals surface area contributed by atoms with Crippen molar-refractivity contribution in [1.29, 1.82) is 0 Å². The molecule has 0 atom stereocenters. The molecule has 0 aromatic carbocycles. The van der Waals surface area contributed by atoms with Gasteiger partial charge in [-0.3, -0.25) is 4.90 Å². The van der Waals surface area contributed by atoms with Crippen LogP contribution in [0.2, 0.25) is 0 Å². The van der Waals surface area contributed by atoms with Crippen LogP contribution < -0.4 is 5.73 Å². The monoisotopic (exact) mass is 160 g/mol. The number of aliphatic hydroxyl groups excluding tert-OH is 1. The standard InChI is InChI=1S/C7H16N2O2/c8-6-1-3-9(4-2-6)5-7(10)11/h6-7,10-11H,1-5,8H2. The molecule has 1 rings (SSSR count). The Hall–Kier alpha value is -0.160. The normalized spacial score (nSPS) is 22.9. The number of nitrogens with two attached hydrogens (primary N) is 1. The maximum Gasteiger partial charge on any atom is 0.164 e. The Bertz CT molecular complexity index is 111. The van der Waals surface area contributed by atoms with Crippen LogP contribution in [-0.4, -0.2) is 47.1 Å². The van der Waals surface area contributed by atoms with Crippen molar-refractivity contribution in [3.8, 4) is 0 Å². The van der Waals surface area contributed by atoms with Gasteiger partial charge >= 0.3 is 0 Å². The molecule has 1 aliphatic rings. The van der Waals surface area contributed by atoms with Crippen LogP contribution in [0.1, 0.15) is 12.8 Å². The van der Waals surface area contributed by atoms with E-state index in [0.29, 0.717) is 12.6 Å². The van der Waals surface area contributed by atoms with E-state index in [1.165, 1.54) is 0 Å². The van der Waals surface area contributed by atoms with Gasteiger partial charge in [0.05, 0.1) is 0 Å². The van der Waals surface area contributed by atoms with Crippen molar-refractivity contribution < 1.29 is 10.2 Å². The van der Waals surface area contributed by atoms with Crippen molar-refractivity contribution in [3.63, 3.8) is 0 Å². The van der Waals surface area contributed by atoms with Crippen molar-refractivity contribution in [2.24, 2.45) is 5.73 Å². The summed E-state index contributed by atoms with van der Waals surface area (Å²) in [6, 6.07) is 0.307. The van der Waals surface area contributed by atoms with Gasteiger partial charge in [0.25, 0.3) is 0 Å². The minimum atomic E-state index is -1.20. The lowest BCUT2D eigenvalue weighted by atomic mass is 10.1. The average molecular weight is 160 g/mol. The summed E-state index contributed by atoms with van der Waals surface area (Å²) in [6.07, 6.45) is 0.726. The van der Waals surface area contributed by atoms with Gasteiger partial charge in [-0.15, -0.1) is 0 Å². The van der Waals surface area contributed by atoms with E-state index >= 15 is 0 Å². The maximum atomic E-state index is 8.65. The van der Waals surface area contributed by atoms with Crippen LogP contribution >= 0.6 is 0 Å². The molecule has 0 aliphatic carbocycles. The summed E-state index contributed by atoms with van der Waals surface area (Å²) < 4.78 is 0. The molecule has 1 saturated heterocycles. The first kappa shape index (κ1) is 8.93. The van der Waals surface area contributed by atoms with Gasteiger partial charge in [-0.05, 0) is 25.9 Å². The Balaban J connectivity index is 2.17. The predicted molar refractivity (Wildman–Crippen MR) is 41.9 cm³/mol. The van der Waals surface area contributed by atoms with Gasteiger partial charge in [0.15, 0.2) is 6.29 Å². The van der Waals surface area contributed by atoms with Crippen molar-refractivity contribution in [3.05, 3.63) is 0 Å². The zero-order valence-electron chi connectivity index (χ0n) is 6.61. The molecule has 0 aromatic rings. The summed E-state index contributed by atoms with van der Waals surface area (Å²) in [4.78, 5) is 2.02. The smallest absolute Gasteiger partial charge is 0.164 e. The van der Waals surface area contributed by atoms with Gasteiger partial charge in [-0.1, -0.05) is 0 Å². The average Bonchev–Trinajstić information content (AvgIpc) is 1.93. The number of nitrogens with zero attached hydrogens (tertiary/aromatic N) is 1. The van der Waals surface area contributed by atoms with Gasteiger partial charge in [0.1, 0.15) is 0 Å². The second-order valence-corrected chi connectivity index (χ2v) is 3.12. The van der Waals surface area contributed by atoms with Gasteiger partial charge in [-0.25, -0.2) is 0 Å². The van der Waals surface area contributed by atoms with E-state index in [0.717, 1.165) is 25.9 Å². The molecule has 4 nitrogen and oxygen atoms in total. The van der Waals surface area contributed by atoms with Gasteiger partial charge in [0.2, 0.25) is 0 Å². The van der Waals surface area contributed by atoms with Gasteiger partial charge in [-0.2, -0.15) is 0 Å². The molecule has 11 heavy (non-hydrogen) atoms. The van der Waals surface area contributed by atoms with E-state index in [9.17, 15) is 0 Å². The van der Waals surface area contributed by atoms with E-state index < -0.39 is 6.29 Å².